The summed E-state index contributed by atoms with van der Waals surface area (Å²) in [5, 5.41) is 4.11. The zero-order chi connectivity index (χ0) is 14.7. The molecule has 0 aliphatic rings. The fourth-order valence-electron chi connectivity index (χ4n) is 2.31. The van der Waals surface area contributed by atoms with E-state index >= 15 is 0 Å². The summed E-state index contributed by atoms with van der Waals surface area (Å²) in [6.45, 7) is 4.41. The van der Waals surface area contributed by atoms with Crippen molar-refractivity contribution >= 4 is 27.5 Å². The predicted octanol–water partition coefficient (Wildman–Crippen LogP) is 5.53. The van der Waals surface area contributed by atoms with E-state index in [-0.39, 0.29) is 6.04 Å². The van der Waals surface area contributed by atoms with Crippen LogP contribution in [0.3, 0.4) is 0 Å². The average molecular weight is 353 g/mol. The van der Waals surface area contributed by atoms with Crippen molar-refractivity contribution in [3.05, 3.63) is 68.7 Å². The van der Waals surface area contributed by atoms with E-state index in [0.717, 1.165) is 15.1 Å². The van der Waals surface area contributed by atoms with Gasteiger partial charge in [-0.2, -0.15) is 0 Å². The van der Waals surface area contributed by atoms with Crippen LogP contribution in [0, 0.1) is 0 Å². The molecule has 0 aliphatic carbocycles. The van der Waals surface area contributed by atoms with Gasteiger partial charge in [0.1, 0.15) is 0 Å². The molecule has 0 spiro atoms. The first kappa shape index (κ1) is 15.6. The molecule has 0 amide bonds. The smallest absolute Gasteiger partial charge is 0.0585 e. The molecule has 2 rings (SSSR count). The van der Waals surface area contributed by atoms with Crippen LogP contribution < -0.4 is 5.32 Å². The van der Waals surface area contributed by atoms with E-state index in [9.17, 15) is 0 Å². The first-order chi connectivity index (χ1) is 9.52. The van der Waals surface area contributed by atoms with Gasteiger partial charge in [-0.05, 0) is 47.9 Å². The summed E-state index contributed by atoms with van der Waals surface area (Å²) in [5.41, 5.74) is 3.74. The van der Waals surface area contributed by atoms with Gasteiger partial charge in [0.25, 0.3) is 0 Å². The van der Waals surface area contributed by atoms with Crippen molar-refractivity contribution in [3.63, 3.8) is 0 Å². The largest absolute Gasteiger partial charge is 0.309 e. The molecule has 1 atom stereocenters. The molecule has 1 N–H and O–H groups in total. The lowest BCUT2D eigenvalue weighted by Gasteiger charge is -2.20. The Morgan fingerprint density at radius 3 is 2.15 bits per heavy atom. The Morgan fingerprint density at radius 1 is 1.00 bits per heavy atom. The van der Waals surface area contributed by atoms with E-state index in [4.69, 9.17) is 11.6 Å². The Bertz CT molecular complexity index is 578. The Balaban J connectivity index is 2.39. The Hall–Kier alpha value is -0.830. The fraction of sp³-hybridized carbons (Fsp3) is 0.294. The van der Waals surface area contributed by atoms with Gasteiger partial charge in [-0.1, -0.05) is 65.6 Å². The highest BCUT2D eigenvalue weighted by Gasteiger charge is 2.15. The zero-order valence-corrected chi connectivity index (χ0v) is 14.3. The van der Waals surface area contributed by atoms with E-state index in [1.165, 1.54) is 11.1 Å². The molecule has 0 fully saturated rings. The number of hydrogen-bond donors (Lipinski definition) is 1. The second kappa shape index (κ2) is 6.75. The minimum atomic E-state index is 0.129. The van der Waals surface area contributed by atoms with Crippen molar-refractivity contribution in [2.24, 2.45) is 0 Å². The lowest BCUT2D eigenvalue weighted by atomic mass is 9.95. The van der Waals surface area contributed by atoms with Crippen LogP contribution in [0.1, 0.15) is 42.5 Å². The molecule has 0 bridgehead atoms. The third-order valence-electron chi connectivity index (χ3n) is 3.49. The van der Waals surface area contributed by atoms with Crippen LogP contribution in [0.15, 0.2) is 46.9 Å². The molecule has 0 aromatic heterocycles. The maximum atomic E-state index is 6.12. The predicted molar refractivity (Wildman–Crippen MR) is 90.6 cm³/mol. The van der Waals surface area contributed by atoms with Crippen molar-refractivity contribution < 1.29 is 0 Å². The van der Waals surface area contributed by atoms with E-state index in [1.807, 2.05) is 25.2 Å². The van der Waals surface area contributed by atoms with Gasteiger partial charge < -0.3 is 5.32 Å². The summed E-state index contributed by atoms with van der Waals surface area (Å²) in [5.74, 6) is 0.551. The first-order valence-corrected chi connectivity index (χ1v) is 7.92. The molecule has 0 heterocycles. The van der Waals surface area contributed by atoms with E-state index in [2.05, 4.69) is 59.4 Å². The fourth-order valence-corrected chi connectivity index (χ4v) is 2.97. The average Bonchev–Trinajstić information content (AvgIpc) is 2.44. The van der Waals surface area contributed by atoms with Crippen LogP contribution in [0.5, 0.6) is 0 Å². The third kappa shape index (κ3) is 3.43. The molecule has 3 heteroatoms. The standard InChI is InChI=1S/C17H19BrClN/c1-11(2)12-4-6-13(7-5-12)17(20-3)15-10-14(19)8-9-16(15)18/h4-11,17,20H,1-3H3. The Labute approximate surface area is 134 Å². The van der Waals surface area contributed by atoms with Crippen molar-refractivity contribution in [2.45, 2.75) is 25.8 Å². The topological polar surface area (TPSA) is 12.0 Å². The van der Waals surface area contributed by atoms with Crippen molar-refractivity contribution in [1.29, 1.82) is 0 Å². The minimum absolute atomic E-state index is 0.129. The molecule has 2 aromatic carbocycles. The van der Waals surface area contributed by atoms with Crippen molar-refractivity contribution in [2.75, 3.05) is 7.05 Å². The zero-order valence-electron chi connectivity index (χ0n) is 12.0. The molecule has 2 aromatic rings. The molecule has 0 aliphatic heterocycles. The summed E-state index contributed by atoms with van der Waals surface area (Å²) < 4.78 is 1.06. The van der Waals surface area contributed by atoms with Crippen LogP contribution in [0.25, 0.3) is 0 Å². The van der Waals surface area contributed by atoms with Gasteiger partial charge in [-0.25, -0.2) is 0 Å². The number of benzene rings is 2. The van der Waals surface area contributed by atoms with Gasteiger partial charge in [0.2, 0.25) is 0 Å². The van der Waals surface area contributed by atoms with Crippen LogP contribution in [0.2, 0.25) is 5.02 Å². The molecule has 0 saturated heterocycles. The summed E-state index contributed by atoms with van der Waals surface area (Å²) in [4.78, 5) is 0. The summed E-state index contributed by atoms with van der Waals surface area (Å²) >= 11 is 9.73. The number of rotatable bonds is 4. The van der Waals surface area contributed by atoms with Gasteiger partial charge in [-0.3, -0.25) is 0 Å². The summed E-state index contributed by atoms with van der Waals surface area (Å²) in [6.07, 6.45) is 0. The number of hydrogen-bond acceptors (Lipinski definition) is 1. The van der Waals surface area contributed by atoms with Crippen LogP contribution in [-0.4, -0.2) is 7.05 Å². The molecular formula is C17H19BrClN. The molecular weight excluding hydrogens is 334 g/mol. The van der Waals surface area contributed by atoms with Crippen LogP contribution in [-0.2, 0) is 0 Å². The molecule has 0 radical (unpaired) electrons. The normalized spacial score (nSPS) is 12.7. The van der Waals surface area contributed by atoms with Gasteiger partial charge in [0, 0.05) is 9.50 Å². The SMILES string of the molecule is CNC(c1ccc(C(C)C)cc1)c1cc(Cl)ccc1Br. The van der Waals surface area contributed by atoms with Crippen LogP contribution in [0.4, 0.5) is 0 Å². The monoisotopic (exact) mass is 351 g/mol. The van der Waals surface area contributed by atoms with Crippen LogP contribution >= 0.6 is 27.5 Å². The minimum Gasteiger partial charge on any atom is -0.309 e. The number of halogens is 2. The van der Waals surface area contributed by atoms with Gasteiger partial charge in [0.05, 0.1) is 6.04 Å². The van der Waals surface area contributed by atoms with Crippen molar-refractivity contribution in [3.8, 4) is 0 Å². The molecule has 20 heavy (non-hydrogen) atoms. The lowest BCUT2D eigenvalue weighted by molar-refractivity contribution is 0.688. The van der Waals surface area contributed by atoms with E-state index in [0.29, 0.717) is 5.92 Å². The highest BCUT2D eigenvalue weighted by atomic mass is 79.9. The number of nitrogens with one attached hydrogen (secondary N) is 1. The second-order valence-corrected chi connectivity index (χ2v) is 6.50. The quantitative estimate of drug-likeness (QED) is 0.762. The third-order valence-corrected chi connectivity index (χ3v) is 4.45. The Kier molecular flexibility index (Phi) is 5.25. The second-order valence-electron chi connectivity index (χ2n) is 5.21. The molecule has 106 valence electrons. The Morgan fingerprint density at radius 2 is 1.60 bits per heavy atom. The highest BCUT2D eigenvalue weighted by Crippen LogP contribution is 2.31. The molecule has 0 saturated carbocycles. The summed E-state index contributed by atoms with van der Waals surface area (Å²) in [6, 6.07) is 14.8. The molecule has 1 nitrogen and oxygen atoms in total. The highest BCUT2D eigenvalue weighted by molar-refractivity contribution is 9.10. The lowest BCUT2D eigenvalue weighted by Crippen LogP contribution is -2.18. The van der Waals surface area contributed by atoms with Gasteiger partial charge >= 0.3 is 0 Å². The maximum absolute atomic E-state index is 6.12. The van der Waals surface area contributed by atoms with Gasteiger partial charge in [0.15, 0.2) is 0 Å². The van der Waals surface area contributed by atoms with E-state index < -0.39 is 0 Å². The van der Waals surface area contributed by atoms with E-state index in [1.54, 1.807) is 0 Å². The first-order valence-electron chi connectivity index (χ1n) is 6.75. The summed E-state index contributed by atoms with van der Waals surface area (Å²) in [7, 11) is 1.97. The maximum Gasteiger partial charge on any atom is 0.0585 e. The van der Waals surface area contributed by atoms with Crippen molar-refractivity contribution in [1.82, 2.24) is 5.32 Å². The molecule has 1 unspecified atom stereocenters. The van der Waals surface area contributed by atoms with Gasteiger partial charge in [-0.15, -0.1) is 0 Å².